The summed E-state index contributed by atoms with van der Waals surface area (Å²) in [5.74, 6) is 4.77. The average molecular weight is 1730 g/mol. The summed E-state index contributed by atoms with van der Waals surface area (Å²) in [4.78, 5) is 11.7. The van der Waals surface area contributed by atoms with Crippen LogP contribution in [-0.4, -0.2) is 50.3 Å². The zero-order valence-electron chi connectivity index (χ0n) is 82.6. The molecule has 10 aromatic carbocycles. The highest BCUT2D eigenvalue weighted by atomic mass is 31.1. The molecule has 0 saturated carbocycles. The summed E-state index contributed by atoms with van der Waals surface area (Å²) in [6.07, 6.45) is 7.83. The van der Waals surface area contributed by atoms with Crippen molar-refractivity contribution in [1.82, 2.24) is 0 Å². The molecule has 8 heteroatoms. The SMILES string of the molecule is CC(C)c1cc(C(C)C)c(P2CN3CP(c4c(C(C)C)cc(C(C)C)cc4C(C)C)CN(C2)c2ccc(cc2)C(C)(C)c2ccc(cc2)C(C)(C)c2ccc(cc2)N2CP(c4c(C(C)C)cc(C(C)C)cc4C(C)C)CN(CP(c4c(C(C)C)cc(C(C)C)cc4C(C)C)C2)c2ccc(cc2)C(C)(C)c2ccc(cc2)C(C)(C)c2ccc3cc2)c(C(C)C)c1. The van der Waals surface area contributed by atoms with Crippen LogP contribution in [0.3, 0.4) is 0 Å². The Kier molecular flexibility index (Phi) is 29.1. The van der Waals surface area contributed by atoms with E-state index in [2.05, 4.69) is 435 Å². The quantitative estimate of drug-likeness (QED) is 0.0894. The first kappa shape index (κ1) is 94.7. The molecular weight excluding hydrogens is 1570 g/mol. The van der Waals surface area contributed by atoms with Crippen LogP contribution < -0.4 is 40.8 Å². The van der Waals surface area contributed by atoms with Gasteiger partial charge >= 0.3 is 0 Å². The van der Waals surface area contributed by atoms with E-state index in [1.54, 1.807) is 65.7 Å². The summed E-state index contributed by atoms with van der Waals surface area (Å²) >= 11 is 0. The predicted molar refractivity (Wildman–Crippen MR) is 557 cm³/mol. The van der Waals surface area contributed by atoms with Crippen molar-refractivity contribution in [2.45, 2.75) is 314 Å². The van der Waals surface area contributed by atoms with Crippen molar-refractivity contribution in [2.24, 2.45) is 0 Å². The lowest BCUT2D eigenvalue weighted by Gasteiger charge is -2.44. The van der Waals surface area contributed by atoms with Gasteiger partial charge in [0.25, 0.3) is 0 Å². The van der Waals surface area contributed by atoms with Crippen LogP contribution in [0.2, 0.25) is 0 Å². The number of benzene rings is 10. The van der Waals surface area contributed by atoms with Crippen molar-refractivity contribution >= 4 is 75.7 Å². The lowest BCUT2D eigenvalue weighted by molar-refractivity contribution is 0.626. The Morgan fingerprint density at radius 1 is 0.177 bits per heavy atom. The van der Waals surface area contributed by atoms with E-state index in [9.17, 15) is 0 Å². The normalized spacial score (nSPS) is 18.8. The van der Waals surface area contributed by atoms with Crippen LogP contribution in [0, 0.1) is 0 Å². The third-order valence-electron chi connectivity index (χ3n) is 28.9. The molecule has 0 radical (unpaired) electrons. The molecule has 22 aliphatic heterocycles. The second-order valence-corrected chi connectivity index (χ2v) is 51.7. The number of rotatable bonds is 16. The van der Waals surface area contributed by atoms with Gasteiger partial charge in [0, 0.05) is 94.7 Å². The number of hydrogen-bond donors (Lipinski definition) is 0. The maximum atomic E-state index is 2.92. The van der Waals surface area contributed by atoms with Gasteiger partial charge in [-0.25, -0.2) is 0 Å². The van der Waals surface area contributed by atoms with E-state index in [1.807, 2.05) is 0 Å². The van der Waals surface area contributed by atoms with Crippen LogP contribution >= 0.6 is 31.7 Å². The topological polar surface area (TPSA) is 13.0 Å². The van der Waals surface area contributed by atoms with Gasteiger partial charge in [-0.1, -0.05) is 367 Å². The molecule has 32 rings (SSSR count). The van der Waals surface area contributed by atoms with E-state index in [1.165, 1.54) is 89.5 Å². The predicted octanol–water partition coefficient (Wildman–Crippen LogP) is 32.3. The average Bonchev–Trinajstić information content (AvgIpc) is 0.759. The Labute approximate surface area is 759 Å². The minimum atomic E-state index is -0.793. The highest BCUT2D eigenvalue weighted by Gasteiger charge is 2.40. The van der Waals surface area contributed by atoms with Gasteiger partial charge in [-0.05, 0) is 284 Å². The second-order valence-electron chi connectivity index (χ2n) is 43.3. The summed E-state index contributed by atoms with van der Waals surface area (Å²) in [7, 11) is -3.17. The van der Waals surface area contributed by atoms with Crippen LogP contribution in [0.15, 0.2) is 194 Å². The highest BCUT2D eigenvalue weighted by Crippen LogP contribution is 2.56. The number of nitrogens with zero attached hydrogens (tertiary/aromatic N) is 4. The van der Waals surface area contributed by atoms with Crippen LogP contribution in [0.25, 0.3) is 0 Å². The molecule has 660 valence electrons. The first-order chi connectivity index (χ1) is 58.4. The molecule has 4 nitrogen and oxygen atoms in total. The zero-order chi connectivity index (χ0) is 90.0. The first-order valence-electron chi connectivity index (χ1n) is 47.7. The smallest absolute Gasteiger partial charge is 0.0438 e. The molecule has 2 saturated heterocycles. The van der Waals surface area contributed by atoms with Crippen LogP contribution in [0.4, 0.5) is 22.7 Å². The van der Waals surface area contributed by atoms with Gasteiger partial charge in [-0.3, -0.25) is 0 Å². The number of hydrogen-bond acceptors (Lipinski definition) is 4. The molecule has 0 N–H and O–H groups in total. The summed E-state index contributed by atoms with van der Waals surface area (Å²) in [5, 5.41) is 6.54. The van der Waals surface area contributed by atoms with Gasteiger partial charge in [0.2, 0.25) is 0 Å². The van der Waals surface area contributed by atoms with Crippen molar-refractivity contribution in [3.8, 4) is 0 Å². The highest BCUT2D eigenvalue weighted by molar-refractivity contribution is 7.68. The molecule has 0 aromatic heterocycles. The minimum absolute atomic E-state index is 0.260. The Bertz CT molecular complexity index is 4520. The first-order valence-corrected chi connectivity index (χ1v) is 54.6. The van der Waals surface area contributed by atoms with Crippen LogP contribution in [-0.2, 0) is 21.7 Å². The summed E-state index contributed by atoms with van der Waals surface area (Å²) < 4.78 is 0. The maximum absolute atomic E-state index is 2.92. The van der Waals surface area contributed by atoms with Crippen LogP contribution in [0.1, 0.15) is 404 Å². The van der Waals surface area contributed by atoms with E-state index in [-0.39, 0.29) is 21.7 Å². The van der Waals surface area contributed by atoms with Crippen molar-refractivity contribution < 1.29 is 0 Å². The molecule has 22 aliphatic rings. The fourth-order valence-corrected chi connectivity index (χ4v) is 33.0. The monoisotopic (exact) mass is 1730 g/mol. The minimum Gasteiger partial charge on any atom is -0.363 e. The Balaban J connectivity index is 0.993. The molecule has 16 bridgehead atoms. The maximum Gasteiger partial charge on any atom is 0.0438 e. The van der Waals surface area contributed by atoms with Crippen molar-refractivity contribution in [1.29, 1.82) is 0 Å². The Morgan fingerprint density at radius 3 is 0.395 bits per heavy atom. The van der Waals surface area contributed by atoms with Gasteiger partial charge < -0.3 is 19.6 Å². The Morgan fingerprint density at radius 2 is 0.290 bits per heavy atom. The second kappa shape index (κ2) is 38.0. The van der Waals surface area contributed by atoms with E-state index >= 15 is 0 Å². The lowest BCUT2D eigenvalue weighted by Crippen LogP contribution is -2.40. The molecule has 0 atom stereocenters. The molecule has 0 spiro atoms. The molecule has 0 aliphatic carbocycles. The molecule has 22 heterocycles. The largest absolute Gasteiger partial charge is 0.363 e. The van der Waals surface area contributed by atoms with Crippen molar-refractivity contribution in [3.05, 3.63) is 305 Å². The van der Waals surface area contributed by atoms with E-state index in [4.69, 9.17) is 0 Å². The lowest BCUT2D eigenvalue weighted by atomic mass is 9.74. The van der Waals surface area contributed by atoms with Crippen molar-refractivity contribution in [3.63, 3.8) is 0 Å². The summed E-state index contributed by atoms with van der Waals surface area (Å²) in [6, 6.07) is 80.9. The van der Waals surface area contributed by atoms with Gasteiger partial charge in [-0.2, -0.15) is 0 Å². The van der Waals surface area contributed by atoms with E-state index < -0.39 is 31.7 Å². The summed E-state index contributed by atoms with van der Waals surface area (Å²) in [5.41, 5.74) is 33.3. The fraction of sp³-hybridized carbons (Fsp3) is 0.483. The van der Waals surface area contributed by atoms with Gasteiger partial charge in [0.1, 0.15) is 0 Å². The van der Waals surface area contributed by atoms with Gasteiger partial charge in [0.05, 0.1) is 0 Å². The third-order valence-corrected chi connectivity index (χ3v) is 38.9. The van der Waals surface area contributed by atoms with Gasteiger partial charge in [0.15, 0.2) is 0 Å². The summed E-state index contributed by atoms with van der Waals surface area (Å²) in [6.45, 7) is 78.1. The molecular formula is C116H156N4P4. The zero-order valence-corrected chi connectivity index (χ0v) is 86.2. The van der Waals surface area contributed by atoms with Crippen LogP contribution in [0.5, 0.6) is 0 Å². The molecule has 2 fully saturated rings. The molecule has 10 aromatic rings. The van der Waals surface area contributed by atoms with E-state index in [0.29, 0.717) is 71.0 Å². The fourth-order valence-electron chi connectivity index (χ4n) is 20.0. The van der Waals surface area contributed by atoms with Crippen molar-refractivity contribution in [2.75, 3.05) is 69.9 Å². The standard InChI is InChI=1S/C116H156N4P4/c1-73(2)85-57-101(77(9)10)109(102(58-85)78(11)12)121-65-117-67-122(110-103(79(13)14)59-86(74(3)4)60-104(110)80(15)16)68-118(66-121)98-51-43-94(44-52-98)114(27,28)90-35-39-92(40-36-90)116(31,32)96-47-55-100(56-48-96)120-70-123(111-105(81(17)18)61-87(75(5)6)62-106(111)82(19)20)69-119(71-124(72-120)112-107(83(21)22)63-88(76(7)8)64-108(112)84(23)24)99-53-45-95(46-54-99)115(29,30)91-37-33-89(34-38-91)113(25,26)93-41-49-97(117)50-42-93/h33-64,73-84H,65-72H2,1-32H3. The van der Waals surface area contributed by atoms with E-state index in [0.717, 1.165) is 50.3 Å². The Hall–Kier alpha value is -6.88. The van der Waals surface area contributed by atoms with Gasteiger partial charge in [-0.15, -0.1) is 0 Å². The molecule has 124 heavy (non-hydrogen) atoms. The molecule has 0 amide bonds. The third kappa shape index (κ3) is 19.5. The number of anilines is 4. The molecule has 0 unspecified atom stereocenters.